The minimum Gasteiger partial charge on any atom is -0.492 e. The molecule has 27 heavy (non-hydrogen) atoms. The van der Waals surface area contributed by atoms with Gasteiger partial charge in [-0.25, -0.2) is 4.98 Å². The summed E-state index contributed by atoms with van der Waals surface area (Å²) >= 11 is 0. The highest BCUT2D eigenvalue weighted by atomic mass is 16.5. The molecule has 1 saturated heterocycles. The summed E-state index contributed by atoms with van der Waals surface area (Å²) in [5, 5.41) is 0. The number of nitrogen functional groups attached to an aromatic ring is 1. The molecule has 4 aliphatic rings. The molecule has 2 heterocycles. The average Bonchev–Trinajstić information content (AvgIpc) is 3.22. The van der Waals surface area contributed by atoms with Crippen LogP contribution in [0.15, 0.2) is 30.3 Å². The van der Waals surface area contributed by atoms with Crippen LogP contribution in [0.1, 0.15) is 61.5 Å². The Labute approximate surface area is 161 Å². The first-order chi connectivity index (χ1) is 13.3. The molecule has 4 nitrogen and oxygen atoms in total. The lowest BCUT2D eigenvalue weighted by atomic mass is 9.65. The molecular formula is C23H29N3O. The Bertz CT molecular complexity index is 820. The second-order valence-corrected chi connectivity index (χ2v) is 8.33. The van der Waals surface area contributed by atoms with E-state index >= 15 is 0 Å². The van der Waals surface area contributed by atoms with E-state index in [2.05, 4.69) is 28.1 Å². The number of fused-ring (bicyclic) bond motifs is 2. The van der Waals surface area contributed by atoms with Crippen LogP contribution in [0, 0.1) is 0 Å². The number of anilines is 1. The summed E-state index contributed by atoms with van der Waals surface area (Å²) in [6.07, 6.45) is 7.86. The van der Waals surface area contributed by atoms with Crippen LogP contribution in [-0.2, 0) is 0 Å². The monoisotopic (exact) mass is 363 g/mol. The number of likely N-dealkylation sites (tertiary alicyclic amines) is 1. The number of pyridine rings is 1. The second-order valence-electron chi connectivity index (χ2n) is 8.33. The van der Waals surface area contributed by atoms with Crippen molar-refractivity contribution in [1.29, 1.82) is 0 Å². The molecule has 0 unspecified atom stereocenters. The molecule has 1 aliphatic heterocycles. The first-order valence-corrected chi connectivity index (χ1v) is 10.5. The number of benzene rings is 1. The third-order valence-corrected chi connectivity index (χ3v) is 6.70. The van der Waals surface area contributed by atoms with Gasteiger partial charge in [0, 0.05) is 17.7 Å². The number of nitrogens with two attached hydrogens (primary N) is 1. The third kappa shape index (κ3) is 3.20. The van der Waals surface area contributed by atoms with Crippen LogP contribution in [0.25, 0.3) is 11.3 Å². The molecule has 4 heteroatoms. The van der Waals surface area contributed by atoms with Gasteiger partial charge in [0.1, 0.15) is 18.2 Å². The van der Waals surface area contributed by atoms with Crippen molar-refractivity contribution in [3.63, 3.8) is 0 Å². The summed E-state index contributed by atoms with van der Waals surface area (Å²) in [5.41, 5.74) is 11.2. The summed E-state index contributed by atoms with van der Waals surface area (Å²) in [7, 11) is 0. The maximum absolute atomic E-state index is 6.35. The number of nitrogens with zero attached hydrogens (tertiary/aromatic N) is 2. The van der Waals surface area contributed by atoms with E-state index in [1.165, 1.54) is 68.3 Å². The zero-order valence-electron chi connectivity index (χ0n) is 16.0. The summed E-state index contributed by atoms with van der Waals surface area (Å²) < 4.78 is 6.35. The summed E-state index contributed by atoms with van der Waals surface area (Å²) in [6.45, 7) is 4.29. The van der Waals surface area contributed by atoms with E-state index in [0.29, 0.717) is 17.7 Å². The smallest absolute Gasteiger partial charge is 0.124 e. The predicted molar refractivity (Wildman–Crippen MR) is 109 cm³/mol. The minimum absolute atomic E-state index is 0.591. The van der Waals surface area contributed by atoms with Crippen LogP contribution < -0.4 is 10.5 Å². The Morgan fingerprint density at radius 1 is 0.963 bits per heavy atom. The number of rotatable bonds is 5. The van der Waals surface area contributed by atoms with E-state index < -0.39 is 0 Å². The highest BCUT2D eigenvalue weighted by molar-refractivity contribution is 5.71. The lowest BCUT2D eigenvalue weighted by molar-refractivity contribution is 0.231. The van der Waals surface area contributed by atoms with E-state index in [4.69, 9.17) is 10.5 Å². The first-order valence-electron chi connectivity index (χ1n) is 10.5. The van der Waals surface area contributed by atoms with Gasteiger partial charge < -0.3 is 10.5 Å². The highest BCUT2D eigenvalue weighted by Gasteiger charge is 2.37. The largest absolute Gasteiger partial charge is 0.492 e. The molecule has 0 atom stereocenters. The average molecular weight is 364 g/mol. The molecular weight excluding hydrogens is 334 g/mol. The molecule has 1 aromatic heterocycles. The third-order valence-electron chi connectivity index (χ3n) is 6.70. The Morgan fingerprint density at radius 3 is 2.44 bits per heavy atom. The predicted octanol–water partition coefficient (Wildman–Crippen LogP) is 4.56. The zero-order valence-corrected chi connectivity index (χ0v) is 16.0. The molecule has 0 amide bonds. The van der Waals surface area contributed by atoms with Gasteiger partial charge in [0.15, 0.2) is 0 Å². The second kappa shape index (κ2) is 7.16. The van der Waals surface area contributed by atoms with E-state index in [-0.39, 0.29) is 0 Å². The fraction of sp³-hybridized carbons (Fsp3) is 0.522. The van der Waals surface area contributed by atoms with Crippen molar-refractivity contribution in [3.8, 4) is 17.0 Å². The van der Waals surface area contributed by atoms with E-state index in [1.807, 2.05) is 12.1 Å². The Kier molecular flexibility index (Phi) is 4.52. The molecule has 2 bridgehead atoms. The highest BCUT2D eigenvalue weighted by Crippen LogP contribution is 2.55. The summed E-state index contributed by atoms with van der Waals surface area (Å²) in [6, 6.07) is 10.3. The van der Waals surface area contributed by atoms with Crippen LogP contribution in [0.4, 0.5) is 5.82 Å². The number of hydrogen-bond donors (Lipinski definition) is 1. The summed E-state index contributed by atoms with van der Waals surface area (Å²) in [5.74, 6) is 3.00. The Morgan fingerprint density at radius 2 is 1.70 bits per heavy atom. The number of hydrogen-bond acceptors (Lipinski definition) is 4. The van der Waals surface area contributed by atoms with Crippen molar-refractivity contribution < 1.29 is 4.74 Å². The topological polar surface area (TPSA) is 51.4 Å². The molecule has 1 saturated carbocycles. The minimum atomic E-state index is 0.591. The van der Waals surface area contributed by atoms with Gasteiger partial charge >= 0.3 is 0 Å². The number of ether oxygens (including phenoxy) is 1. The van der Waals surface area contributed by atoms with Gasteiger partial charge in [-0.2, -0.15) is 0 Å². The maximum atomic E-state index is 6.35. The van der Waals surface area contributed by atoms with Crippen molar-refractivity contribution in [1.82, 2.24) is 9.88 Å². The van der Waals surface area contributed by atoms with Crippen LogP contribution in [0.2, 0.25) is 0 Å². The molecule has 0 spiro atoms. The quantitative estimate of drug-likeness (QED) is 0.846. The van der Waals surface area contributed by atoms with Crippen LogP contribution in [0.3, 0.4) is 0 Å². The van der Waals surface area contributed by atoms with Crippen LogP contribution in [-0.4, -0.2) is 36.1 Å². The van der Waals surface area contributed by atoms with Gasteiger partial charge in [-0.15, -0.1) is 0 Å². The molecule has 2 aromatic rings. The lowest BCUT2D eigenvalue weighted by Gasteiger charge is -2.40. The molecule has 142 valence electrons. The van der Waals surface area contributed by atoms with Crippen molar-refractivity contribution in [3.05, 3.63) is 41.5 Å². The van der Waals surface area contributed by atoms with Crippen molar-refractivity contribution in [2.45, 2.75) is 50.4 Å². The van der Waals surface area contributed by atoms with E-state index in [9.17, 15) is 0 Å². The number of aromatic nitrogens is 1. The van der Waals surface area contributed by atoms with Gasteiger partial charge in [0.2, 0.25) is 0 Å². The van der Waals surface area contributed by atoms with E-state index in [1.54, 1.807) is 0 Å². The molecule has 2 fully saturated rings. The van der Waals surface area contributed by atoms with Gasteiger partial charge in [-0.05, 0) is 93.3 Å². The van der Waals surface area contributed by atoms with Crippen LogP contribution in [0.5, 0.6) is 5.75 Å². The maximum Gasteiger partial charge on any atom is 0.124 e. The Hall–Kier alpha value is -2.07. The molecule has 1 aromatic carbocycles. The van der Waals surface area contributed by atoms with Gasteiger partial charge in [-0.3, -0.25) is 4.90 Å². The van der Waals surface area contributed by atoms with Gasteiger partial charge in [-0.1, -0.05) is 6.07 Å². The van der Waals surface area contributed by atoms with Gasteiger partial charge in [0.25, 0.3) is 0 Å². The first kappa shape index (κ1) is 17.1. The van der Waals surface area contributed by atoms with Gasteiger partial charge in [0.05, 0.1) is 5.69 Å². The fourth-order valence-electron chi connectivity index (χ4n) is 5.39. The van der Waals surface area contributed by atoms with E-state index in [0.717, 1.165) is 24.6 Å². The van der Waals surface area contributed by atoms with Crippen molar-refractivity contribution in [2.24, 2.45) is 0 Å². The normalized spacial score (nSPS) is 24.1. The molecule has 2 N–H and O–H groups in total. The zero-order chi connectivity index (χ0) is 18.2. The fourth-order valence-corrected chi connectivity index (χ4v) is 5.39. The molecule has 0 radical (unpaired) electrons. The standard InChI is InChI=1S/C23H29N3O/c24-21-5-3-4-19(25-21)18-10-11-20(27-15-14-26-12-1-2-13-26)23-17-8-6-16(7-9-17)22(18)23/h3-5,10-11,16-17H,1-2,6-9,12-15H2,(H2,24,25). The van der Waals surface area contributed by atoms with Crippen LogP contribution >= 0.6 is 0 Å². The van der Waals surface area contributed by atoms with Crippen molar-refractivity contribution >= 4 is 5.82 Å². The molecule has 3 aliphatic carbocycles. The lowest BCUT2D eigenvalue weighted by Crippen LogP contribution is -2.27. The SMILES string of the molecule is Nc1cccc(-c2ccc(OCCN3CCCC3)c3c2C2CCC3CC2)n1. The Balaban J connectivity index is 1.47. The van der Waals surface area contributed by atoms with Crippen molar-refractivity contribution in [2.75, 3.05) is 32.0 Å². The molecule has 6 rings (SSSR count). The summed E-state index contributed by atoms with van der Waals surface area (Å²) in [4.78, 5) is 7.13.